The minimum Gasteiger partial charge on any atom is -0.491 e. The molecule has 3 heterocycles. The monoisotopic (exact) mass is 270 g/mol. The number of nitrogens with zero attached hydrogens (tertiary/aromatic N) is 2. The van der Waals surface area contributed by atoms with Crippen molar-refractivity contribution in [1.82, 2.24) is 15.3 Å². The van der Waals surface area contributed by atoms with Crippen molar-refractivity contribution >= 4 is 11.7 Å². The largest absolute Gasteiger partial charge is 0.491 e. The van der Waals surface area contributed by atoms with Gasteiger partial charge in [0.2, 0.25) is 0 Å². The highest BCUT2D eigenvalue weighted by molar-refractivity contribution is 5.89. The van der Waals surface area contributed by atoms with Crippen LogP contribution in [0.2, 0.25) is 0 Å². The Balaban J connectivity index is 1.68. The first-order valence-corrected chi connectivity index (χ1v) is 6.38. The van der Waals surface area contributed by atoms with E-state index in [1.165, 1.54) is 0 Å². The molecule has 2 N–H and O–H groups in total. The minimum absolute atomic E-state index is 0.142. The van der Waals surface area contributed by atoms with Crippen molar-refractivity contribution in [2.45, 2.75) is 12.5 Å². The predicted octanol–water partition coefficient (Wildman–Crippen LogP) is 2.12. The quantitative estimate of drug-likeness (QED) is 0.876. The van der Waals surface area contributed by atoms with Crippen LogP contribution in [0, 0.1) is 0 Å². The standard InChI is InChI=1S/C14H14N4O2/c19-14(17-10-3-1-6-15-9-10)18-11-5-8-20-12-4-2-7-16-13(11)12/h1-4,6-7,9,11H,5,8H2,(H2,17,18,19). The number of carbonyl (C=O) groups excluding carboxylic acids is 1. The van der Waals surface area contributed by atoms with E-state index in [4.69, 9.17) is 4.74 Å². The fourth-order valence-corrected chi connectivity index (χ4v) is 2.11. The molecule has 1 atom stereocenters. The second-order valence-corrected chi connectivity index (χ2v) is 4.42. The zero-order valence-electron chi connectivity index (χ0n) is 10.7. The molecule has 102 valence electrons. The smallest absolute Gasteiger partial charge is 0.319 e. The van der Waals surface area contributed by atoms with Crippen LogP contribution in [0.4, 0.5) is 10.5 Å². The number of aromatic nitrogens is 2. The van der Waals surface area contributed by atoms with E-state index in [1.54, 1.807) is 30.7 Å². The SMILES string of the molecule is O=C(Nc1cccnc1)NC1CCOc2cccnc21. The molecule has 0 aliphatic carbocycles. The van der Waals surface area contributed by atoms with Gasteiger partial charge in [0.1, 0.15) is 11.4 Å². The zero-order chi connectivity index (χ0) is 13.8. The molecule has 20 heavy (non-hydrogen) atoms. The number of hydrogen-bond acceptors (Lipinski definition) is 4. The van der Waals surface area contributed by atoms with E-state index in [0.29, 0.717) is 18.7 Å². The van der Waals surface area contributed by atoms with E-state index in [1.807, 2.05) is 12.1 Å². The molecule has 0 aromatic carbocycles. The predicted molar refractivity (Wildman–Crippen MR) is 73.5 cm³/mol. The summed E-state index contributed by atoms with van der Waals surface area (Å²) < 4.78 is 5.51. The van der Waals surface area contributed by atoms with Crippen molar-refractivity contribution in [1.29, 1.82) is 0 Å². The molecule has 2 amide bonds. The topological polar surface area (TPSA) is 76.1 Å². The number of pyridine rings is 2. The van der Waals surface area contributed by atoms with Gasteiger partial charge in [-0.3, -0.25) is 9.97 Å². The maximum atomic E-state index is 12.0. The van der Waals surface area contributed by atoms with Gasteiger partial charge in [-0.15, -0.1) is 0 Å². The third-order valence-corrected chi connectivity index (χ3v) is 3.02. The van der Waals surface area contributed by atoms with Gasteiger partial charge in [-0.25, -0.2) is 4.79 Å². The van der Waals surface area contributed by atoms with Crippen LogP contribution in [0.15, 0.2) is 42.9 Å². The van der Waals surface area contributed by atoms with Crippen molar-refractivity contribution in [2.75, 3.05) is 11.9 Å². The summed E-state index contributed by atoms with van der Waals surface area (Å²) in [5.74, 6) is 0.727. The molecule has 1 unspecified atom stereocenters. The molecular weight excluding hydrogens is 256 g/mol. The lowest BCUT2D eigenvalue weighted by atomic mass is 10.1. The summed E-state index contributed by atoms with van der Waals surface area (Å²) in [6, 6.07) is 6.80. The van der Waals surface area contributed by atoms with Gasteiger partial charge in [-0.2, -0.15) is 0 Å². The van der Waals surface area contributed by atoms with Gasteiger partial charge in [-0.1, -0.05) is 0 Å². The Bertz CT molecular complexity index is 603. The normalized spacial score (nSPS) is 16.7. The van der Waals surface area contributed by atoms with Crippen LogP contribution in [0.1, 0.15) is 18.2 Å². The summed E-state index contributed by atoms with van der Waals surface area (Å²) in [6.07, 6.45) is 5.64. The number of hydrogen-bond donors (Lipinski definition) is 2. The van der Waals surface area contributed by atoms with Gasteiger partial charge in [0, 0.05) is 18.8 Å². The molecule has 2 aromatic heterocycles. The summed E-state index contributed by atoms with van der Waals surface area (Å²) in [7, 11) is 0. The molecule has 0 bridgehead atoms. The Kier molecular flexibility index (Phi) is 3.45. The van der Waals surface area contributed by atoms with Crippen LogP contribution < -0.4 is 15.4 Å². The van der Waals surface area contributed by atoms with Gasteiger partial charge in [0.25, 0.3) is 0 Å². The summed E-state index contributed by atoms with van der Waals surface area (Å²) >= 11 is 0. The third kappa shape index (κ3) is 2.69. The van der Waals surface area contributed by atoms with Crippen LogP contribution in [0.25, 0.3) is 0 Å². The fourth-order valence-electron chi connectivity index (χ4n) is 2.11. The Morgan fingerprint density at radius 3 is 3.05 bits per heavy atom. The Morgan fingerprint density at radius 2 is 2.20 bits per heavy atom. The van der Waals surface area contributed by atoms with Crippen molar-refractivity contribution in [3.8, 4) is 5.75 Å². The maximum absolute atomic E-state index is 12.0. The lowest BCUT2D eigenvalue weighted by Gasteiger charge is -2.25. The average molecular weight is 270 g/mol. The van der Waals surface area contributed by atoms with E-state index in [-0.39, 0.29) is 12.1 Å². The number of ether oxygens (including phenoxy) is 1. The van der Waals surface area contributed by atoms with Gasteiger partial charge in [-0.05, 0) is 24.3 Å². The Hall–Kier alpha value is -2.63. The molecule has 0 spiro atoms. The van der Waals surface area contributed by atoms with Crippen molar-refractivity contribution in [3.05, 3.63) is 48.5 Å². The van der Waals surface area contributed by atoms with Gasteiger partial charge in [0.15, 0.2) is 0 Å². The van der Waals surface area contributed by atoms with Crippen LogP contribution in [-0.2, 0) is 0 Å². The van der Waals surface area contributed by atoms with E-state index in [9.17, 15) is 4.79 Å². The second kappa shape index (κ2) is 5.56. The van der Waals surface area contributed by atoms with Gasteiger partial charge < -0.3 is 15.4 Å². The zero-order valence-corrected chi connectivity index (χ0v) is 10.7. The molecule has 1 aliphatic rings. The Labute approximate surface area is 116 Å². The number of nitrogens with one attached hydrogen (secondary N) is 2. The molecule has 0 saturated heterocycles. The summed E-state index contributed by atoms with van der Waals surface area (Å²) in [6.45, 7) is 0.566. The number of rotatable bonds is 2. The molecule has 0 fully saturated rings. The van der Waals surface area contributed by atoms with Crippen LogP contribution in [0.3, 0.4) is 0 Å². The molecule has 3 rings (SSSR count). The van der Waals surface area contributed by atoms with Crippen molar-refractivity contribution in [2.24, 2.45) is 0 Å². The van der Waals surface area contributed by atoms with Gasteiger partial charge in [0.05, 0.1) is 24.5 Å². The molecule has 2 aromatic rings. The first kappa shape index (κ1) is 12.4. The lowest BCUT2D eigenvalue weighted by Crippen LogP contribution is -2.35. The average Bonchev–Trinajstić information content (AvgIpc) is 2.48. The Morgan fingerprint density at radius 1 is 1.30 bits per heavy atom. The fraction of sp³-hybridized carbons (Fsp3) is 0.214. The number of urea groups is 1. The number of anilines is 1. The highest BCUT2D eigenvalue weighted by atomic mass is 16.5. The summed E-state index contributed by atoms with van der Waals surface area (Å²) in [5, 5.41) is 5.64. The molecule has 0 saturated carbocycles. The molecule has 6 heteroatoms. The van der Waals surface area contributed by atoms with Gasteiger partial charge >= 0.3 is 6.03 Å². The van der Waals surface area contributed by atoms with Crippen LogP contribution in [-0.4, -0.2) is 22.6 Å². The van der Waals surface area contributed by atoms with Crippen molar-refractivity contribution in [3.63, 3.8) is 0 Å². The molecular formula is C14H14N4O2. The number of fused-ring (bicyclic) bond motifs is 1. The molecule has 6 nitrogen and oxygen atoms in total. The number of carbonyl (C=O) groups is 1. The summed E-state index contributed by atoms with van der Waals surface area (Å²) in [4.78, 5) is 20.2. The third-order valence-electron chi connectivity index (χ3n) is 3.02. The van der Waals surface area contributed by atoms with E-state index >= 15 is 0 Å². The first-order chi connectivity index (χ1) is 9.83. The highest BCUT2D eigenvalue weighted by Crippen LogP contribution is 2.29. The highest BCUT2D eigenvalue weighted by Gasteiger charge is 2.24. The molecule has 1 aliphatic heterocycles. The lowest BCUT2D eigenvalue weighted by molar-refractivity contribution is 0.230. The molecule has 0 radical (unpaired) electrons. The number of amides is 2. The van der Waals surface area contributed by atoms with E-state index < -0.39 is 0 Å². The van der Waals surface area contributed by atoms with Crippen LogP contribution in [0.5, 0.6) is 5.75 Å². The minimum atomic E-state index is -0.276. The second-order valence-electron chi connectivity index (χ2n) is 4.42. The summed E-state index contributed by atoms with van der Waals surface area (Å²) in [5.41, 5.74) is 1.42. The maximum Gasteiger partial charge on any atom is 0.319 e. The first-order valence-electron chi connectivity index (χ1n) is 6.38. The van der Waals surface area contributed by atoms with E-state index in [2.05, 4.69) is 20.6 Å². The van der Waals surface area contributed by atoms with E-state index in [0.717, 1.165) is 11.4 Å². The van der Waals surface area contributed by atoms with Crippen molar-refractivity contribution < 1.29 is 9.53 Å². The van der Waals surface area contributed by atoms with Crippen LogP contribution >= 0.6 is 0 Å².